The Morgan fingerprint density at radius 1 is 1.06 bits per heavy atom. The third-order valence-electron chi connectivity index (χ3n) is 2.22. The molecule has 1 aromatic carbocycles. The highest BCUT2D eigenvalue weighted by atomic mass is 35.5. The highest BCUT2D eigenvalue weighted by molar-refractivity contribution is 6.33. The number of nitrogens with zero attached hydrogens (tertiary/aromatic N) is 2. The van der Waals surface area contributed by atoms with Crippen LogP contribution in [0.2, 0.25) is 5.02 Å². The lowest BCUT2D eigenvalue weighted by Gasteiger charge is -2.05. The summed E-state index contributed by atoms with van der Waals surface area (Å²) >= 11 is 6.11. The quantitative estimate of drug-likeness (QED) is 0.771. The van der Waals surface area contributed by atoms with Gasteiger partial charge in [0.2, 0.25) is 0 Å². The molecule has 0 saturated carbocycles. The summed E-state index contributed by atoms with van der Waals surface area (Å²) in [6.07, 6.45) is 0. The lowest BCUT2D eigenvalue weighted by atomic mass is 10.2. The Bertz CT molecular complexity index is 518. The molecule has 0 radical (unpaired) electrons. The van der Waals surface area contributed by atoms with Crippen LogP contribution in [-0.2, 0) is 0 Å². The molecule has 2 aromatic rings. The van der Waals surface area contributed by atoms with Crippen LogP contribution in [0, 0.1) is 13.8 Å². The minimum atomic E-state index is 0.574. The van der Waals surface area contributed by atoms with Gasteiger partial charge in [0.1, 0.15) is 0 Å². The monoisotopic (exact) mass is 233 g/mol. The first-order valence-electron chi connectivity index (χ1n) is 4.94. The number of nitrogens with two attached hydrogens (primary N) is 1. The van der Waals surface area contributed by atoms with Crippen molar-refractivity contribution < 1.29 is 0 Å². The molecule has 2 N–H and O–H groups in total. The minimum Gasteiger partial charge on any atom is -0.399 e. The number of aromatic nitrogens is 2. The molecule has 0 aliphatic rings. The number of rotatable bonds is 1. The molecule has 0 fully saturated rings. The van der Waals surface area contributed by atoms with Gasteiger partial charge in [-0.05, 0) is 38.1 Å². The molecule has 4 heteroatoms. The number of nitrogen functional groups attached to an aromatic ring is 1. The van der Waals surface area contributed by atoms with Crippen molar-refractivity contribution in [1.29, 1.82) is 0 Å². The van der Waals surface area contributed by atoms with E-state index >= 15 is 0 Å². The fraction of sp³-hybridized carbons (Fsp3) is 0.167. The van der Waals surface area contributed by atoms with E-state index < -0.39 is 0 Å². The fourth-order valence-electron chi connectivity index (χ4n) is 1.56. The van der Waals surface area contributed by atoms with Gasteiger partial charge in [0.05, 0.1) is 5.02 Å². The Labute approximate surface area is 99.3 Å². The van der Waals surface area contributed by atoms with Crippen molar-refractivity contribution in [3.05, 3.63) is 40.7 Å². The Kier molecular flexibility index (Phi) is 2.79. The predicted molar refractivity (Wildman–Crippen MR) is 66.4 cm³/mol. The Balaban J connectivity index is 2.58. The number of hydrogen-bond donors (Lipinski definition) is 1. The highest BCUT2D eigenvalue weighted by Crippen LogP contribution is 2.27. The van der Waals surface area contributed by atoms with E-state index in [1.807, 2.05) is 26.0 Å². The summed E-state index contributed by atoms with van der Waals surface area (Å²) in [4.78, 5) is 8.72. The number of benzene rings is 1. The normalized spacial score (nSPS) is 10.4. The second-order valence-corrected chi connectivity index (χ2v) is 4.12. The molecule has 0 aliphatic heterocycles. The van der Waals surface area contributed by atoms with Gasteiger partial charge in [0, 0.05) is 22.6 Å². The molecule has 0 spiro atoms. The smallest absolute Gasteiger partial charge is 0.161 e. The largest absolute Gasteiger partial charge is 0.399 e. The molecule has 1 aromatic heterocycles. The van der Waals surface area contributed by atoms with Crippen LogP contribution in [0.4, 0.5) is 5.69 Å². The van der Waals surface area contributed by atoms with Crippen LogP contribution in [-0.4, -0.2) is 9.97 Å². The Morgan fingerprint density at radius 2 is 1.69 bits per heavy atom. The fourth-order valence-corrected chi connectivity index (χ4v) is 1.83. The Morgan fingerprint density at radius 3 is 2.25 bits per heavy atom. The number of aryl methyl sites for hydroxylation is 2. The molecule has 0 bridgehead atoms. The van der Waals surface area contributed by atoms with Gasteiger partial charge in [0.25, 0.3) is 0 Å². The topological polar surface area (TPSA) is 51.8 Å². The van der Waals surface area contributed by atoms with Crippen molar-refractivity contribution in [2.45, 2.75) is 13.8 Å². The molecule has 0 atom stereocenters. The molecule has 82 valence electrons. The van der Waals surface area contributed by atoms with Gasteiger partial charge in [-0.15, -0.1) is 0 Å². The van der Waals surface area contributed by atoms with Crippen LogP contribution in [0.3, 0.4) is 0 Å². The molecule has 0 saturated heterocycles. The Hall–Kier alpha value is -1.61. The van der Waals surface area contributed by atoms with Gasteiger partial charge in [0.15, 0.2) is 5.82 Å². The van der Waals surface area contributed by atoms with Crippen molar-refractivity contribution in [3.63, 3.8) is 0 Å². The average Bonchev–Trinajstić information content (AvgIpc) is 2.15. The zero-order valence-electron chi connectivity index (χ0n) is 9.16. The predicted octanol–water partition coefficient (Wildman–Crippen LogP) is 3.00. The maximum atomic E-state index is 6.11. The molecule has 1 heterocycles. The van der Waals surface area contributed by atoms with Crippen LogP contribution in [0.25, 0.3) is 11.4 Å². The van der Waals surface area contributed by atoms with Crippen molar-refractivity contribution in [2.24, 2.45) is 0 Å². The summed E-state index contributed by atoms with van der Waals surface area (Å²) in [6.45, 7) is 3.87. The number of hydrogen-bond acceptors (Lipinski definition) is 3. The third-order valence-corrected chi connectivity index (χ3v) is 2.53. The van der Waals surface area contributed by atoms with E-state index in [0.717, 1.165) is 17.0 Å². The molecule has 0 unspecified atom stereocenters. The number of anilines is 1. The van der Waals surface area contributed by atoms with Crippen molar-refractivity contribution in [1.82, 2.24) is 9.97 Å². The summed E-state index contributed by atoms with van der Waals surface area (Å²) in [6, 6.07) is 7.26. The number of halogens is 1. The summed E-state index contributed by atoms with van der Waals surface area (Å²) < 4.78 is 0. The van der Waals surface area contributed by atoms with E-state index in [1.165, 1.54) is 0 Å². The molecular formula is C12H12ClN3. The maximum absolute atomic E-state index is 6.11. The second-order valence-electron chi connectivity index (χ2n) is 3.71. The minimum absolute atomic E-state index is 0.574. The molecule has 16 heavy (non-hydrogen) atoms. The van der Waals surface area contributed by atoms with Gasteiger partial charge in [-0.1, -0.05) is 11.6 Å². The van der Waals surface area contributed by atoms with Crippen LogP contribution >= 0.6 is 11.6 Å². The van der Waals surface area contributed by atoms with E-state index in [1.54, 1.807) is 12.1 Å². The lowest BCUT2D eigenvalue weighted by Crippen LogP contribution is -1.95. The first-order chi connectivity index (χ1) is 7.56. The molecular weight excluding hydrogens is 222 g/mol. The van der Waals surface area contributed by atoms with E-state index in [4.69, 9.17) is 17.3 Å². The van der Waals surface area contributed by atoms with E-state index in [9.17, 15) is 0 Å². The summed E-state index contributed by atoms with van der Waals surface area (Å²) in [7, 11) is 0. The second kappa shape index (κ2) is 4.10. The van der Waals surface area contributed by atoms with Crippen LogP contribution < -0.4 is 5.73 Å². The first kappa shape index (κ1) is 10.9. The van der Waals surface area contributed by atoms with Gasteiger partial charge in [-0.25, -0.2) is 9.97 Å². The van der Waals surface area contributed by atoms with Crippen molar-refractivity contribution >= 4 is 17.3 Å². The van der Waals surface area contributed by atoms with Gasteiger partial charge < -0.3 is 5.73 Å². The van der Waals surface area contributed by atoms with Gasteiger partial charge in [-0.2, -0.15) is 0 Å². The molecule has 0 amide bonds. The standard InChI is InChI=1S/C12H12ClN3/c1-7-5-8(2)16-12(15-7)10-4-3-9(14)6-11(10)13/h3-6H,14H2,1-2H3. The molecule has 2 rings (SSSR count). The summed E-state index contributed by atoms with van der Waals surface area (Å²) in [5.41, 5.74) is 8.94. The zero-order valence-corrected chi connectivity index (χ0v) is 9.92. The zero-order chi connectivity index (χ0) is 11.7. The molecule has 0 aliphatic carbocycles. The van der Waals surface area contributed by atoms with Crippen molar-refractivity contribution in [2.75, 3.05) is 5.73 Å². The van der Waals surface area contributed by atoms with Gasteiger partial charge >= 0.3 is 0 Å². The van der Waals surface area contributed by atoms with Crippen LogP contribution in [0.1, 0.15) is 11.4 Å². The van der Waals surface area contributed by atoms with Crippen molar-refractivity contribution in [3.8, 4) is 11.4 Å². The van der Waals surface area contributed by atoms with E-state index in [0.29, 0.717) is 16.5 Å². The van der Waals surface area contributed by atoms with Crippen LogP contribution in [0.5, 0.6) is 0 Å². The maximum Gasteiger partial charge on any atom is 0.161 e. The highest BCUT2D eigenvalue weighted by Gasteiger charge is 2.07. The third kappa shape index (κ3) is 2.14. The molecule has 3 nitrogen and oxygen atoms in total. The average molecular weight is 234 g/mol. The van der Waals surface area contributed by atoms with Gasteiger partial charge in [-0.3, -0.25) is 0 Å². The summed E-state index contributed by atoms with van der Waals surface area (Å²) in [5.74, 6) is 0.641. The summed E-state index contributed by atoms with van der Waals surface area (Å²) in [5, 5.41) is 0.574. The SMILES string of the molecule is Cc1cc(C)nc(-c2ccc(N)cc2Cl)n1. The lowest BCUT2D eigenvalue weighted by molar-refractivity contribution is 1.06. The van der Waals surface area contributed by atoms with E-state index in [-0.39, 0.29) is 0 Å². The van der Waals surface area contributed by atoms with E-state index in [2.05, 4.69) is 9.97 Å². The van der Waals surface area contributed by atoms with Crippen LogP contribution in [0.15, 0.2) is 24.3 Å². The first-order valence-corrected chi connectivity index (χ1v) is 5.32.